The molecule has 0 bridgehead atoms. The average molecular weight is 303 g/mol. The van der Waals surface area contributed by atoms with Crippen molar-refractivity contribution in [3.63, 3.8) is 0 Å². The first-order valence-electron chi connectivity index (χ1n) is 8.05. The third-order valence-corrected chi connectivity index (χ3v) is 3.83. The van der Waals surface area contributed by atoms with Gasteiger partial charge in [0.2, 0.25) is 5.91 Å². The van der Waals surface area contributed by atoms with Crippen molar-refractivity contribution in [3.8, 4) is 0 Å². The quantitative estimate of drug-likeness (QED) is 0.759. The van der Waals surface area contributed by atoms with Gasteiger partial charge in [0, 0.05) is 26.1 Å². The van der Waals surface area contributed by atoms with Gasteiger partial charge in [0.15, 0.2) is 0 Å². The van der Waals surface area contributed by atoms with E-state index >= 15 is 0 Å². The molecule has 2 N–H and O–H groups in total. The van der Waals surface area contributed by atoms with E-state index in [1.54, 1.807) is 4.90 Å². The summed E-state index contributed by atoms with van der Waals surface area (Å²) in [6.45, 7) is 4.01. The first-order valence-corrected chi connectivity index (χ1v) is 8.05. The molecule has 1 aromatic carbocycles. The standard InChI is InChI=1S/C17H25N3O2/c1-2-3-7-10-18-17(22)19-15-11-16(21)20(13-15)12-14-8-5-4-6-9-14/h4-6,8-9,15H,2-3,7,10-13H2,1H3,(H2,18,19,22). The van der Waals surface area contributed by atoms with Gasteiger partial charge in [-0.1, -0.05) is 50.1 Å². The molecule has 2 rings (SSSR count). The maximum Gasteiger partial charge on any atom is 0.315 e. The molecule has 5 heteroatoms. The highest BCUT2D eigenvalue weighted by molar-refractivity contribution is 5.81. The third-order valence-electron chi connectivity index (χ3n) is 3.83. The van der Waals surface area contributed by atoms with Crippen LogP contribution in [0.4, 0.5) is 4.79 Å². The van der Waals surface area contributed by atoms with Crippen molar-refractivity contribution in [1.82, 2.24) is 15.5 Å². The number of amides is 3. The lowest BCUT2D eigenvalue weighted by Crippen LogP contribution is -2.43. The third kappa shape index (κ3) is 5.06. The summed E-state index contributed by atoms with van der Waals surface area (Å²) < 4.78 is 0. The van der Waals surface area contributed by atoms with Crippen molar-refractivity contribution in [2.24, 2.45) is 0 Å². The van der Waals surface area contributed by atoms with Gasteiger partial charge in [-0.15, -0.1) is 0 Å². The number of unbranched alkanes of at least 4 members (excludes halogenated alkanes) is 2. The molecule has 1 aliphatic heterocycles. The van der Waals surface area contributed by atoms with Crippen LogP contribution in [0.1, 0.15) is 38.2 Å². The molecule has 120 valence electrons. The second-order valence-electron chi connectivity index (χ2n) is 5.77. The molecule has 1 aliphatic rings. The fraction of sp³-hybridized carbons (Fsp3) is 0.529. The van der Waals surface area contributed by atoms with E-state index in [-0.39, 0.29) is 18.0 Å². The lowest BCUT2D eigenvalue weighted by molar-refractivity contribution is -0.128. The molecule has 0 aliphatic carbocycles. The Morgan fingerprint density at radius 3 is 2.77 bits per heavy atom. The van der Waals surface area contributed by atoms with E-state index < -0.39 is 0 Å². The zero-order valence-corrected chi connectivity index (χ0v) is 13.2. The van der Waals surface area contributed by atoms with E-state index in [1.807, 2.05) is 30.3 Å². The summed E-state index contributed by atoms with van der Waals surface area (Å²) in [5, 5.41) is 5.73. The summed E-state index contributed by atoms with van der Waals surface area (Å²) in [7, 11) is 0. The minimum atomic E-state index is -0.171. The molecule has 1 aromatic rings. The number of nitrogens with one attached hydrogen (secondary N) is 2. The molecule has 1 saturated heterocycles. The Labute approximate surface area is 132 Å². The Kier molecular flexibility index (Phi) is 6.25. The van der Waals surface area contributed by atoms with E-state index in [2.05, 4.69) is 17.6 Å². The summed E-state index contributed by atoms with van der Waals surface area (Å²) in [6, 6.07) is 9.65. The summed E-state index contributed by atoms with van der Waals surface area (Å²) in [5.74, 6) is 0.0973. The molecule has 1 heterocycles. The highest BCUT2D eigenvalue weighted by Crippen LogP contribution is 2.14. The van der Waals surface area contributed by atoms with Gasteiger partial charge in [-0.05, 0) is 12.0 Å². The lowest BCUT2D eigenvalue weighted by Gasteiger charge is -2.17. The van der Waals surface area contributed by atoms with Crippen molar-refractivity contribution in [2.75, 3.05) is 13.1 Å². The van der Waals surface area contributed by atoms with Crippen molar-refractivity contribution in [3.05, 3.63) is 35.9 Å². The van der Waals surface area contributed by atoms with Gasteiger partial charge in [-0.25, -0.2) is 4.79 Å². The zero-order valence-electron chi connectivity index (χ0n) is 13.2. The van der Waals surface area contributed by atoms with Crippen molar-refractivity contribution in [2.45, 2.75) is 45.2 Å². The lowest BCUT2D eigenvalue weighted by atomic mass is 10.2. The fourth-order valence-corrected chi connectivity index (χ4v) is 2.64. The van der Waals surface area contributed by atoms with Crippen LogP contribution in [0.25, 0.3) is 0 Å². The Balaban J connectivity index is 1.73. The van der Waals surface area contributed by atoms with Crippen LogP contribution >= 0.6 is 0 Å². The van der Waals surface area contributed by atoms with Crippen LogP contribution in [-0.2, 0) is 11.3 Å². The number of rotatable bonds is 7. The van der Waals surface area contributed by atoms with Crippen LogP contribution in [0, 0.1) is 0 Å². The highest BCUT2D eigenvalue weighted by atomic mass is 16.2. The number of likely N-dealkylation sites (tertiary alicyclic amines) is 1. The Bertz CT molecular complexity index is 490. The molecule has 22 heavy (non-hydrogen) atoms. The molecule has 0 spiro atoms. The number of hydrogen-bond acceptors (Lipinski definition) is 2. The maximum atomic E-state index is 12.0. The van der Waals surface area contributed by atoms with Gasteiger partial charge >= 0.3 is 6.03 Å². The monoisotopic (exact) mass is 303 g/mol. The molecule has 1 unspecified atom stereocenters. The van der Waals surface area contributed by atoms with Crippen LogP contribution in [0.15, 0.2) is 30.3 Å². The van der Waals surface area contributed by atoms with Gasteiger partial charge in [-0.2, -0.15) is 0 Å². The molecule has 0 saturated carbocycles. The first-order chi connectivity index (χ1) is 10.7. The smallest absolute Gasteiger partial charge is 0.315 e. The molecule has 0 aromatic heterocycles. The second-order valence-corrected chi connectivity index (χ2v) is 5.77. The van der Waals surface area contributed by atoms with Crippen LogP contribution in [0.3, 0.4) is 0 Å². The normalized spacial score (nSPS) is 17.6. The molecular formula is C17H25N3O2. The minimum absolute atomic E-state index is 0.0950. The number of carbonyl (C=O) groups is 2. The number of benzene rings is 1. The number of nitrogens with zero attached hydrogens (tertiary/aromatic N) is 1. The summed E-state index contributed by atoms with van der Waals surface area (Å²) in [4.78, 5) is 25.6. The van der Waals surface area contributed by atoms with Crippen molar-refractivity contribution in [1.29, 1.82) is 0 Å². The van der Waals surface area contributed by atoms with E-state index in [9.17, 15) is 9.59 Å². The molecule has 1 atom stereocenters. The van der Waals surface area contributed by atoms with Crippen molar-refractivity contribution < 1.29 is 9.59 Å². The van der Waals surface area contributed by atoms with Crippen LogP contribution < -0.4 is 10.6 Å². The Morgan fingerprint density at radius 1 is 1.27 bits per heavy atom. The fourth-order valence-electron chi connectivity index (χ4n) is 2.64. The predicted molar refractivity (Wildman–Crippen MR) is 86.3 cm³/mol. The van der Waals surface area contributed by atoms with E-state index in [0.29, 0.717) is 26.1 Å². The van der Waals surface area contributed by atoms with Gasteiger partial charge in [-0.3, -0.25) is 4.79 Å². The summed E-state index contributed by atoms with van der Waals surface area (Å²) in [5.41, 5.74) is 1.11. The zero-order chi connectivity index (χ0) is 15.8. The van der Waals surface area contributed by atoms with Crippen molar-refractivity contribution >= 4 is 11.9 Å². The molecule has 0 radical (unpaired) electrons. The maximum absolute atomic E-state index is 12.0. The summed E-state index contributed by atoms with van der Waals surface area (Å²) in [6.07, 6.45) is 3.63. The number of carbonyl (C=O) groups excluding carboxylic acids is 2. The SMILES string of the molecule is CCCCCNC(=O)NC1CC(=O)N(Cc2ccccc2)C1. The molecule has 3 amide bonds. The Morgan fingerprint density at radius 2 is 2.05 bits per heavy atom. The van der Waals surface area contributed by atoms with Gasteiger partial charge in [0.25, 0.3) is 0 Å². The van der Waals surface area contributed by atoms with E-state index in [4.69, 9.17) is 0 Å². The summed E-state index contributed by atoms with van der Waals surface area (Å²) >= 11 is 0. The second kappa shape index (κ2) is 8.41. The number of urea groups is 1. The van der Waals surface area contributed by atoms with E-state index in [0.717, 1.165) is 24.8 Å². The van der Waals surface area contributed by atoms with Gasteiger partial charge in [0.05, 0.1) is 6.04 Å². The first kappa shape index (κ1) is 16.3. The van der Waals surface area contributed by atoms with Crippen LogP contribution in [-0.4, -0.2) is 36.0 Å². The Hall–Kier alpha value is -2.04. The minimum Gasteiger partial charge on any atom is -0.338 e. The molecule has 5 nitrogen and oxygen atoms in total. The van der Waals surface area contributed by atoms with Gasteiger partial charge < -0.3 is 15.5 Å². The average Bonchev–Trinajstić information content (AvgIpc) is 2.84. The van der Waals surface area contributed by atoms with Crippen LogP contribution in [0.5, 0.6) is 0 Å². The predicted octanol–water partition coefficient (Wildman–Crippen LogP) is 2.28. The van der Waals surface area contributed by atoms with Crippen LogP contribution in [0.2, 0.25) is 0 Å². The molecular weight excluding hydrogens is 278 g/mol. The largest absolute Gasteiger partial charge is 0.338 e. The molecule has 1 fully saturated rings. The van der Waals surface area contributed by atoms with E-state index in [1.165, 1.54) is 0 Å². The topological polar surface area (TPSA) is 61.4 Å². The van der Waals surface area contributed by atoms with Gasteiger partial charge in [0.1, 0.15) is 0 Å². The number of hydrogen-bond donors (Lipinski definition) is 2. The highest BCUT2D eigenvalue weighted by Gasteiger charge is 2.30.